The third kappa shape index (κ3) is 4.76. The minimum absolute atomic E-state index is 0.0713. The number of amides is 1. The summed E-state index contributed by atoms with van der Waals surface area (Å²) in [7, 11) is 0. The number of carbonyl (C=O) groups excluding carboxylic acids is 1. The third-order valence-electron chi connectivity index (χ3n) is 6.91. The second-order valence-electron chi connectivity index (χ2n) is 9.48. The molecule has 4 aromatic rings. The van der Waals surface area contributed by atoms with E-state index in [1.165, 1.54) is 11.1 Å². The molecule has 35 heavy (non-hydrogen) atoms. The maximum Gasteiger partial charge on any atom is 0.224 e. The molecule has 0 radical (unpaired) electrons. The number of nitrogens with one attached hydrogen (secondary N) is 1. The molecule has 3 heterocycles. The largest absolute Gasteiger partial charge is 0.355 e. The average molecular weight is 469 g/mol. The molecule has 1 saturated heterocycles. The minimum Gasteiger partial charge on any atom is -0.355 e. The van der Waals surface area contributed by atoms with Gasteiger partial charge in [-0.05, 0) is 57.7 Å². The topological polar surface area (TPSA) is 75.9 Å². The monoisotopic (exact) mass is 468 g/mol. The normalized spacial score (nSPS) is 16.0. The number of benzene rings is 2. The van der Waals surface area contributed by atoms with E-state index in [4.69, 9.17) is 5.10 Å². The summed E-state index contributed by atoms with van der Waals surface area (Å²) in [5, 5.41) is 18.2. The molecular weight excluding hydrogens is 436 g/mol. The Labute approximate surface area is 206 Å². The van der Waals surface area contributed by atoms with Crippen molar-refractivity contribution in [3.05, 3.63) is 77.1 Å². The fraction of sp³-hybridized carbons (Fsp3) is 0.357. The quantitative estimate of drug-likeness (QED) is 0.456. The lowest BCUT2D eigenvalue weighted by atomic mass is 9.97. The Bertz CT molecular complexity index is 1330. The Balaban J connectivity index is 1.35. The van der Waals surface area contributed by atoms with Gasteiger partial charge in [-0.3, -0.25) is 4.79 Å². The molecule has 1 aliphatic rings. The minimum atomic E-state index is -0.0713. The molecule has 5 rings (SSSR count). The van der Waals surface area contributed by atoms with E-state index < -0.39 is 0 Å². The van der Waals surface area contributed by atoms with Gasteiger partial charge in [0.1, 0.15) is 5.52 Å². The summed E-state index contributed by atoms with van der Waals surface area (Å²) in [6, 6.07) is 18.6. The number of aryl methyl sites for hydroxylation is 3. The Hall–Kier alpha value is -3.74. The third-order valence-corrected chi connectivity index (χ3v) is 6.91. The summed E-state index contributed by atoms with van der Waals surface area (Å²) in [4.78, 5) is 15.1. The van der Waals surface area contributed by atoms with Gasteiger partial charge in [0.25, 0.3) is 0 Å². The number of nitrogens with zero attached hydrogens (tertiary/aromatic N) is 5. The van der Waals surface area contributed by atoms with E-state index in [2.05, 4.69) is 70.7 Å². The second kappa shape index (κ2) is 9.86. The number of aromatic nitrogens is 4. The lowest BCUT2D eigenvalue weighted by Gasteiger charge is -2.32. The molecule has 0 saturated carbocycles. The smallest absolute Gasteiger partial charge is 0.224 e. The van der Waals surface area contributed by atoms with Gasteiger partial charge < -0.3 is 10.2 Å². The van der Waals surface area contributed by atoms with Crippen molar-refractivity contribution < 1.29 is 4.79 Å². The molecule has 7 heteroatoms. The van der Waals surface area contributed by atoms with E-state index >= 15 is 0 Å². The Morgan fingerprint density at radius 1 is 1.03 bits per heavy atom. The summed E-state index contributed by atoms with van der Waals surface area (Å²) in [5.74, 6) is 0.808. The van der Waals surface area contributed by atoms with E-state index in [-0.39, 0.29) is 11.8 Å². The molecule has 1 aliphatic heterocycles. The highest BCUT2D eigenvalue weighted by Gasteiger charge is 2.29. The molecule has 7 nitrogen and oxygen atoms in total. The number of hydrogen-bond acceptors (Lipinski definition) is 5. The number of rotatable bonds is 6. The predicted octanol–water partition coefficient (Wildman–Crippen LogP) is 4.32. The molecule has 0 bridgehead atoms. The summed E-state index contributed by atoms with van der Waals surface area (Å²) in [6.45, 7) is 8.25. The fourth-order valence-corrected chi connectivity index (χ4v) is 4.96. The van der Waals surface area contributed by atoms with Crippen LogP contribution in [-0.2, 0) is 11.2 Å². The van der Waals surface area contributed by atoms with E-state index in [1.807, 2.05) is 29.8 Å². The lowest BCUT2D eigenvalue weighted by molar-refractivity contribution is -0.125. The van der Waals surface area contributed by atoms with Crippen LogP contribution >= 0.6 is 0 Å². The average Bonchev–Trinajstić information content (AvgIpc) is 3.23. The summed E-state index contributed by atoms with van der Waals surface area (Å²) in [6.07, 6.45) is 2.65. The van der Waals surface area contributed by atoms with Crippen molar-refractivity contribution in [1.82, 2.24) is 25.3 Å². The molecule has 0 unspecified atom stereocenters. The first kappa shape index (κ1) is 23.0. The van der Waals surface area contributed by atoms with E-state index in [0.29, 0.717) is 13.1 Å². The lowest BCUT2D eigenvalue weighted by Crippen LogP contribution is -2.44. The maximum atomic E-state index is 13.0. The van der Waals surface area contributed by atoms with E-state index in [1.54, 1.807) is 0 Å². The van der Waals surface area contributed by atoms with Gasteiger partial charge in [-0.1, -0.05) is 48.0 Å². The Morgan fingerprint density at radius 3 is 2.57 bits per heavy atom. The predicted molar refractivity (Wildman–Crippen MR) is 139 cm³/mol. The van der Waals surface area contributed by atoms with Crippen LogP contribution in [0.4, 0.5) is 5.82 Å². The Kier molecular flexibility index (Phi) is 6.49. The van der Waals surface area contributed by atoms with Crippen molar-refractivity contribution >= 4 is 22.6 Å². The van der Waals surface area contributed by atoms with Crippen molar-refractivity contribution in [3.8, 4) is 5.69 Å². The molecular formula is C28H32N6O. The molecule has 180 valence electrons. The highest BCUT2D eigenvalue weighted by Crippen LogP contribution is 2.31. The van der Waals surface area contributed by atoms with Gasteiger partial charge in [-0.2, -0.15) is 10.2 Å². The van der Waals surface area contributed by atoms with Crippen molar-refractivity contribution in [2.75, 3.05) is 24.5 Å². The van der Waals surface area contributed by atoms with Crippen LogP contribution in [-0.4, -0.2) is 45.5 Å². The van der Waals surface area contributed by atoms with Gasteiger partial charge in [0.05, 0.1) is 28.4 Å². The first-order valence-electron chi connectivity index (χ1n) is 12.4. The van der Waals surface area contributed by atoms with Crippen LogP contribution < -0.4 is 10.2 Å². The first-order valence-corrected chi connectivity index (χ1v) is 12.4. The first-order chi connectivity index (χ1) is 17.0. The Morgan fingerprint density at radius 2 is 1.80 bits per heavy atom. The van der Waals surface area contributed by atoms with Crippen LogP contribution in [0.1, 0.15) is 35.4 Å². The van der Waals surface area contributed by atoms with Crippen LogP contribution in [0.3, 0.4) is 0 Å². The molecule has 1 fully saturated rings. The molecule has 0 aliphatic carbocycles. The summed E-state index contributed by atoms with van der Waals surface area (Å²) >= 11 is 0. The summed E-state index contributed by atoms with van der Waals surface area (Å²) < 4.78 is 1.97. The molecule has 2 aromatic carbocycles. The number of fused-ring (bicyclic) bond motifs is 1. The number of piperidine rings is 1. The highest BCUT2D eigenvalue weighted by molar-refractivity contribution is 5.92. The van der Waals surface area contributed by atoms with Gasteiger partial charge in [0, 0.05) is 19.6 Å². The molecule has 0 spiro atoms. The zero-order chi connectivity index (χ0) is 24.4. The maximum absolute atomic E-state index is 13.0. The van der Waals surface area contributed by atoms with Gasteiger partial charge in [-0.25, -0.2) is 4.68 Å². The molecule has 1 atom stereocenters. The van der Waals surface area contributed by atoms with E-state index in [9.17, 15) is 4.79 Å². The zero-order valence-electron chi connectivity index (χ0n) is 20.7. The van der Waals surface area contributed by atoms with Crippen LogP contribution in [0, 0.1) is 26.7 Å². The second-order valence-corrected chi connectivity index (χ2v) is 9.48. The van der Waals surface area contributed by atoms with Crippen molar-refractivity contribution in [2.45, 2.75) is 40.0 Å². The van der Waals surface area contributed by atoms with Crippen molar-refractivity contribution in [1.29, 1.82) is 0 Å². The van der Waals surface area contributed by atoms with Gasteiger partial charge in [0.2, 0.25) is 5.91 Å². The number of hydrogen-bond donors (Lipinski definition) is 1. The number of anilines is 1. The SMILES string of the molecule is Cc1ccc(-n2nc3c(N4CCC[C@H](C(=O)NCCc5ccccc5)C4)nnc(C)c3c2C)cc1. The fourth-order valence-electron chi connectivity index (χ4n) is 4.96. The van der Waals surface area contributed by atoms with Crippen molar-refractivity contribution in [3.63, 3.8) is 0 Å². The van der Waals surface area contributed by atoms with Gasteiger partial charge >= 0.3 is 0 Å². The van der Waals surface area contributed by atoms with Gasteiger partial charge in [-0.15, -0.1) is 5.10 Å². The molecule has 2 aromatic heterocycles. The van der Waals surface area contributed by atoms with E-state index in [0.717, 1.165) is 59.6 Å². The molecule has 1 amide bonds. The van der Waals surface area contributed by atoms with Crippen molar-refractivity contribution in [2.24, 2.45) is 5.92 Å². The zero-order valence-corrected chi connectivity index (χ0v) is 20.7. The number of carbonyl (C=O) groups is 1. The summed E-state index contributed by atoms with van der Waals surface area (Å²) in [5.41, 5.74) is 6.22. The standard InChI is InChI=1S/C28H32N6O/c1-19-11-13-24(14-12-19)34-21(3)25-20(2)30-31-27(26(25)32-34)33-17-7-10-23(18-33)28(35)29-16-15-22-8-5-4-6-9-22/h4-6,8-9,11-14,23H,7,10,15-18H2,1-3H3,(H,29,35)/t23-/m0/s1. The van der Waals surface area contributed by atoms with Gasteiger partial charge in [0.15, 0.2) is 5.82 Å². The van der Waals surface area contributed by atoms with Crippen LogP contribution in [0.15, 0.2) is 54.6 Å². The van der Waals surface area contributed by atoms with Crippen LogP contribution in [0.25, 0.3) is 16.6 Å². The van der Waals surface area contributed by atoms with Crippen LogP contribution in [0.5, 0.6) is 0 Å². The highest BCUT2D eigenvalue weighted by atomic mass is 16.1. The molecule has 1 N–H and O–H groups in total. The van der Waals surface area contributed by atoms with Crippen LogP contribution in [0.2, 0.25) is 0 Å².